The summed E-state index contributed by atoms with van der Waals surface area (Å²) in [4.78, 5) is 11.9. The molecule has 0 aromatic rings. The second-order valence-corrected chi connectivity index (χ2v) is 16.2. The number of ether oxygens (including phenoxy) is 5. The van der Waals surface area contributed by atoms with E-state index in [2.05, 4.69) is 6.92 Å². The van der Waals surface area contributed by atoms with Crippen LogP contribution in [-0.4, -0.2) is 140 Å². The number of hydrogen-bond acceptors (Lipinski definition) is 14. The van der Waals surface area contributed by atoms with Gasteiger partial charge in [-0.05, 0) is 99.4 Å². The monoisotopic (exact) mass is 698 g/mol. The van der Waals surface area contributed by atoms with E-state index in [1.54, 1.807) is 13.0 Å². The number of aliphatic hydroxyl groups is 8. The number of aliphatic hydroxyl groups excluding tert-OH is 7. The van der Waals surface area contributed by atoms with Crippen molar-refractivity contribution in [3.8, 4) is 0 Å². The van der Waals surface area contributed by atoms with Crippen LogP contribution in [0, 0.1) is 34.5 Å². The van der Waals surface area contributed by atoms with E-state index in [9.17, 15) is 45.6 Å². The van der Waals surface area contributed by atoms with Crippen molar-refractivity contribution in [2.24, 2.45) is 34.5 Å². The molecule has 0 aromatic heterocycles. The molecule has 14 nitrogen and oxygen atoms in total. The zero-order valence-electron chi connectivity index (χ0n) is 28.3. The van der Waals surface area contributed by atoms with Crippen molar-refractivity contribution >= 4 is 5.97 Å². The highest BCUT2D eigenvalue weighted by atomic mass is 16.7. The summed E-state index contributed by atoms with van der Waals surface area (Å²) < 4.78 is 28.7. The number of cyclic esters (lactones) is 1. The minimum Gasteiger partial charge on any atom is -0.458 e. The maximum absolute atomic E-state index is 12.5. The van der Waals surface area contributed by atoms with Crippen LogP contribution in [0.25, 0.3) is 0 Å². The Labute approximate surface area is 285 Å². The lowest BCUT2D eigenvalue weighted by Crippen LogP contribution is -2.64. The number of fused-ring (bicyclic) bond motifs is 5. The standard InChI is InChI=1S/C35H54O14/c1-16-30(49-32-28(42)26(40)25(39)23(13-36)48-32)27(41)29(43)31(46-16)47-19-5-9-34(15-37)18(12-19)3-4-22-21(34)6-8-33(2)20(7-10-35(22,33)44)17-11-24(38)45-14-17/h11,16,18-23,25-32,36-37,39-44H,3-10,12-15H2,1-2H3/t16-,18+,19+,20+,21-,22-,23-,25-,26+,27-,28-,29+,30-,31+,32+,33+,34+,35+/m0/s1. The summed E-state index contributed by atoms with van der Waals surface area (Å²) in [5.74, 6) is 0.104. The summed E-state index contributed by atoms with van der Waals surface area (Å²) in [5.41, 5.74) is -0.641. The number of rotatable bonds is 7. The first kappa shape index (κ1) is 36.1. The van der Waals surface area contributed by atoms with Crippen molar-refractivity contribution in [1.82, 2.24) is 0 Å². The smallest absolute Gasteiger partial charge is 0.331 e. The maximum atomic E-state index is 12.5. The number of carbonyl (C=O) groups is 1. The van der Waals surface area contributed by atoms with Crippen LogP contribution in [-0.2, 0) is 28.5 Å². The van der Waals surface area contributed by atoms with Gasteiger partial charge in [-0.1, -0.05) is 6.92 Å². The van der Waals surface area contributed by atoms with E-state index in [4.69, 9.17) is 23.7 Å². The van der Waals surface area contributed by atoms with Crippen molar-refractivity contribution in [2.45, 2.75) is 145 Å². The minimum absolute atomic E-state index is 0.0184. The lowest BCUT2D eigenvalue weighted by Gasteiger charge is -2.64. The molecule has 7 aliphatic rings. The molecule has 0 radical (unpaired) electrons. The fraction of sp³-hybridized carbons (Fsp3) is 0.914. The van der Waals surface area contributed by atoms with Crippen molar-refractivity contribution in [3.05, 3.63) is 11.6 Å². The average molecular weight is 699 g/mol. The summed E-state index contributed by atoms with van der Waals surface area (Å²) in [6, 6.07) is 0. The van der Waals surface area contributed by atoms with E-state index in [1.807, 2.05) is 0 Å². The fourth-order valence-corrected chi connectivity index (χ4v) is 11.4. The van der Waals surface area contributed by atoms with Gasteiger partial charge >= 0.3 is 5.97 Å². The van der Waals surface area contributed by atoms with E-state index in [-0.39, 0.29) is 53.2 Å². The van der Waals surface area contributed by atoms with Crippen LogP contribution in [0.2, 0.25) is 0 Å². The quantitative estimate of drug-likeness (QED) is 0.121. The molecule has 14 heteroatoms. The molecule has 18 atom stereocenters. The lowest BCUT2D eigenvalue weighted by atomic mass is 9.43. The van der Waals surface area contributed by atoms with E-state index >= 15 is 0 Å². The van der Waals surface area contributed by atoms with Crippen molar-refractivity contribution in [1.29, 1.82) is 0 Å². The van der Waals surface area contributed by atoms with Gasteiger partial charge in [0.15, 0.2) is 12.6 Å². The Morgan fingerprint density at radius 2 is 1.57 bits per heavy atom. The van der Waals surface area contributed by atoms with Gasteiger partial charge in [0.1, 0.15) is 49.3 Å². The van der Waals surface area contributed by atoms with Crippen LogP contribution >= 0.6 is 0 Å². The molecular formula is C35H54O14. The van der Waals surface area contributed by atoms with Gasteiger partial charge in [0.25, 0.3) is 0 Å². The van der Waals surface area contributed by atoms with Crippen LogP contribution in [0.4, 0.5) is 0 Å². The highest BCUT2D eigenvalue weighted by Crippen LogP contribution is 2.70. The second kappa shape index (κ2) is 13.3. The first-order valence-electron chi connectivity index (χ1n) is 18.1. The molecule has 6 fully saturated rings. The highest BCUT2D eigenvalue weighted by molar-refractivity contribution is 5.85. The molecule has 49 heavy (non-hydrogen) atoms. The van der Waals surface area contributed by atoms with Crippen LogP contribution in [0.5, 0.6) is 0 Å². The van der Waals surface area contributed by atoms with Gasteiger partial charge in [-0.15, -0.1) is 0 Å². The van der Waals surface area contributed by atoms with Crippen LogP contribution in [0.3, 0.4) is 0 Å². The van der Waals surface area contributed by atoms with Crippen molar-refractivity contribution in [2.75, 3.05) is 19.8 Å². The fourth-order valence-electron chi connectivity index (χ4n) is 11.4. The Morgan fingerprint density at radius 3 is 2.27 bits per heavy atom. The van der Waals surface area contributed by atoms with Crippen LogP contribution in [0.15, 0.2) is 11.6 Å². The van der Waals surface area contributed by atoms with Gasteiger partial charge in [0.2, 0.25) is 0 Å². The molecule has 8 N–H and O–H groups in total. The molecule has 0 spiro atoms. The SMILES string of the molecule is C[C@@H]1O[C@H](O[C@@H]2CC[C@@]3(CO)[C@H](CC[C@H]4[C@@H]3CC[C@]3(C)[C@@H](C5=CC(=O)OC5)CC[C@@]43O)C2)[C@H](O)[C@H](O)[C@H]1O[C@H]1O[C@@H](CO)[C@H](O)[C@@H](O)[C@@H]1O. The van der Waals surface area contributed by atoms with Gasteiger partial charge < -0.3 is 64.5 Å². The molecule has 0 unspecified atom stereocenters. The maximum Gasteiger partial charge on any atom is 0.331 e. The van der Waals surface area contributed by atoms with Gasteiger partial charge in [0, 0.05) is 18.1 Å². The lowest BCUT2D eigenvalue weighted by molar-refractivity contribution is -0.360. The summed E-state index contributed by atoms with van der Waals surface area (Å²) in [7, 11) is 0. The Balaban J connectivity index is 0.995. The third kappa shape index (κ3) is 5.64. The average Bonchev–Trinajstić information content (AvgIpc) is 3.64. The predicted octanol–water partition coefficient (Wildman–Crippen LogP) is -0.747. The number of carbonyl (C=O) groups excluding carboxylic acids is 1. The summed E-state index contributed by atoms with van der Waals surface area (Å²) in [6.45, 7) is 3.47. The Morgan fingerprint density at radius 1 is 0.837 bits per heavy atom. The molecule has 4 saturated carbocycles. The summed E-state index contributed by atoms with van der Waals surface area (Å²) in [5, 5.41) is 85.8. The first-order valence-corrected chi connectivity index (χ1v) is 18.1. The third-order valence-corrected chi connectivity index (χ3v) is 14.2. The third-order valence-electron chi connectivity index (χ3n) is 14.2. The van der Waals surface area contributed by atoms with E-state index in [1.165, 1.54) is 0 Å². The topological polar surface area (TPSA) is 225 Å². The molecule has 2 saturated heterocycles. The summed E-state index contributed by atoms with van der Waals surface area (Å²) in [6.07, 6.45) is -5.76. The zero-order chi connectivity index (χ0) is 35.0. The largest absolute Gasteiger partial charge is 0.458 e. The minimum atomic E-state index is -1.67. The molecule has 3 heterocycles. The van der Waals surface area contributed by atoms with Crippen molar-refractivity contribution < 1.29 is 69.3 Å². The molecule has 7 rings (SSSR count). The first-order chi connectivity index (χ1) is 23.3. The van der Waals surface area contributed by atoms with Crippen LogP contribution < -0.4 is 0 Å². The van der Waals surface area contributed by atoms with E-state index in [0.717, 1.165) is 37.7 Å². The molecule has 278 valence electrons. The van der Waals surface area contributed by atoms with Gasteiger partial charge in [-0.3, -0.25) is 0 Å². The van der Waals surface area contributed by atoms with E-state index < -0.39 is 73.6 Å². The predicted molar refractivity (Wildman–Crippen MR) is 167 cm³/mol. The normalized spacial score (nSPS) is 54.4. The van der Waals surface area contributed by atoms with Gasteiger partial charge in [-0.2, -0.15) is 0 Å². The van der Waals surface area contributed by atoms with E-state index in [0.29, 0.717) is 32.3 Å². The second-order valence-electron chi connectivity index (χ2n) is 16.2. The van der Waals surface area contributed by atoms with Crippen molar-refractivity contribution in [3.63, 3.8) is 0 Å². The molecule has 4 aliphatic carbocycles. The van der Waals surface area contributed by atoms with Gasteiger partial charge in [-0.25, -0.2) is 4.79 Å². The number of esters is 1. The zero-order valence-corrected chi connectivity index (χ0v) is 28.3. The highest BCUT2D eigenvalue weighted by Gasteiger charge is 2.68. The molecular weight excluding hydrogens is 644 g/mol. The van der Waals surface area contributed by atoms with Gasteiger partial charge in [0.05, 0.1) is 24.4 Å². The molecule has 0 bridgehead atoms. The molecule has 0 aromatic carbocycles. The Hall–Kier alpha value is -1.27. The number of hydrogen-bond donors (Lipinski definition) is 8. The molecule has 0 amide bonds. The summed E-state index contributed by atoms with van der Waals surface area (Å²) >= 11 is 0. The Kier molecular flexibility index (Phi) is 9.80. The Bertz CT molecular complexity index is 1260. The molecule has 3 aliphatic heterocycles. The van der Waals surface area contributed by atoms with Crippen LogP contribution in [0.1, 0.15) is 71.6 Å².